The van der Waals surface area contributed by atoms with Gasteiger partial charge in [-0.25, -0.2) is 0 Å². The van der Waals surface area contributed by atoms with E-state index in [4.69, 9.17) is 11.5 Å². The van der Waals surface area contributed by atoms with Crippen molar-refractivity contribution in [1.82, 2.24) is 0 Å². The van der Waals surface area contributed by atoms with Gasteiger partial charge in [0.2, 0.25) is 0 Å². The van der Waals surface area contributed by atoms with Crippen LogP contribution >= 0.6 is 0 Å². The molecule has 2 rings (SSSR count). The van der Waals surface area contributed by atoms with Crippen molar-refractivity contribution >= 4 is 11.4 Å². The predicted octanol–water partition coefficient (Wildman–Crippen LogP) is 3.97. The Morgan fingerprint density at radius 2 is 1.47 bits per heavy atom. The van der Waals surface area contributed by atoms with Crippen molar-refractivity contribution in [2.75, 3.05) is 11.5 Å². The zero-order valence-electron chi connectivity index (χ0n) is 12.1. The van der Waals surface area contributed by atoms with Gasteiger partial charge in [-0.2, -0.15) is 0 Å². The first-order chi connectivity index (χ1) is 9.08. The Morgan fingerprint density at radius 1 is 0.842 bits per heavy atom. The van der Waals surface area contributed by atoms with E-state index in [2.05, 4.69) is 32.0 Å². The minimum Gasteiger partial charge on any atom is -0.399 e. The molecule has 19 heavy (non-hydrogen) atoms. The van der Waals surface area contributed by atoms with E-state index in [1.807, 2.05) is 31.2 Å². The van der Waals surface area contributed by atoms with Gasteiger partial charge in [0.05, 0.1) is 0 Å². The maximum atomic E-state index is 5.79. The smallest absolute Gasteiger partial charge is 0.0376 e. The molecule has 0 unspecified atom stereocenters. The van der Waals surface area contributed by atoms with Gasteiger partial charge in [-0.15, -0.1) is 0 Å². The molecule has 0 saturated carbocycles. The van der Waals surface area contributed by atoms with E-state index >= 15 is 0 Å². The van der Waals surface area contributed by atoms with Crippen molar-refractivity contribution in [3.8, 4) is 0 Å². The minimum absolute atomic E-state index is 0.840. The molecule has 0 saturated heterocycles. The molecule has 2 nitrogen and oxygen atoms in total. The number of rotatable bonds is 2. The van der Waals surface area contributed by atoms with Gasteiger partial charge in [0.25, 0.3) is 0 Å². The van der Waals surface area contributed by atoms with Crippen molar-refractivity contribution < 1.29 is 0 Å². The van der Waals surface area contributed by atoms with Gasteiger partial charge in [0.15, 0.2) is 0 Å². The molecule has 0 heterocycles. The highest BCUT2D eigenvalue weighted by Crippen LogP contribution is 2.16. The number of aryl methyl sites for hydroxylation is 3. The van der Waals surface area contributed by atoms with E-state index in [9.17, 15) is 0 Å². The average molecular weight is 256 g/mol. The number of hydrogen-bond donors (Lipinski definition) is 2. The highest BCUT2D eigenvalue weighted by molar-refractivity contribution is 5.52. The Labute approximate surface area is 116 Å². The van der Waals surface area contributed by atoms with Crippen LogP contribution in [0.1, 0.15) is 30.5 Å². The molecule has 0 aliphatic rings. The van der Waals surface area contributed by atoms with Crippen LogP contribution in [0.25, 0.3) is 0 Å². The van der Waals surface area contributed by atoms with Gasteiger partial charge in [-0.05, 0) is 48.6 Å². The van der Waals surface area contributed by atoms with Crippen LogP contribution in [0.2, 0.25) is 0 Å². The molecule has 102 valence electrons. The SMILES string of the molecule is CCc1ccc(N)cc1.CCc1cccc(C)c1N. The summed E-state index contributed by atoms with van der Waals surface area (Å²) in [6, 6.07) is 14.1. The van der Waals surface area contributed by atoms with E-state index in [0.29, 0.717) is 0 Å². The zero-order valence-corrected chi connectivity index (χ0v) is 12.1. The summed E-state index contributed by atoms with van der Waals surface area (Å²) in [6.07, 6.45) is 2.10. The number of benzene rings is 2. The van der Waals surface area contributed by atoms with Crippen LogP contribution in [0.5, 0.6) is 0 Å². The summed E-state index contributed by atoms with van der Waals surface area (Å²) in [5.41, 5.74) is 16.8. The number of para-hydroxylation sites is 1. The lowest BCUT2D eigenvalue weighted by atomic mass is 10.1. The van der Waals surface area contributed by atoms with Crippen LogP contribution in [0.3, 0.4) is 0 Å². The summed E-state index contributed by atoms with van der Waals surface area (Å²) < 4.78 is 0. The fourth-order valence-corrected chi connectivity index (χ4v) is 1.80. The van der Waals surface area contributed by atoms with Gasteiger partial charge in [0, 0.05) is 11.4 Å². The van der Waals surface area contributed by atoms with Crippen molar-refractivity contribution in [2.24, 2.45) is 0 Å². The van der Waals surface area contributed by atoms with E-state index in [1.54, 1.807) is 0 Å². The Balaban J connectivity index is 0.000000191. The van der Waals surface area contributed by atoms with Crippen LogP contribution in [0.15, 0.2) is 42.5 Å². The van der Waals surface area contributed by atoms with E-state index in [-0.39, 0.29) is 0 Å². The van der Waals surface area contributed by atoms with Crippen LogP contribution in [0.4, 0.5) is 11.4 Å². The molecule has 0 bridgehead atoms. The molecule has 4 N–H and O–H groups in total. The van der Waals surface area contributed by atoms with Gasteiger partial charge < -0.3 is 11.5 Å². The third kappa shape index (κ3) is 4.66. The molecule has 0 aromatic heterocycles. The molecule has 2 heteroatoms. The van der Waals surface area contributed by atoms with Gasteiger partial charge in [-0.3, -0.25) is 0 Å². The molecule has 0 atom stereocenters. The lowest BCUT2D eigenvalue weighted by molar-refractivity contribution is 1.14. The molecular weight excluding hydrogens is 232 g/mol. The summed E-state index contributed by atoms with van der Waals surface area (Å²) in [6.45, 7) is 6.28. The number of nitrogen functional groups attached to an aromatic ring is 2. The maximum absolute atomic E-state index is 5.79. The van der Waals surface area contributed by atoms with Crippen molar-refractivity contribution in [3.05, 3.63) is 59.2 Å². The zero-order chi connectivity index (χ0) is 14.3. The topological polar surface area (TPSA) is 52.0 Å². The lowest BCUT2D eigenvalue weighted by Crippen LogP contribution is -1.94. The highest BCUT2D eigenvalue weighted by Gasteiger charge is 1.96. The molecule has 0 radical (unpaired) electrons. The highest BCUT2D eigenvalue weighted by atomic mass is 14.6. The first-order valence-electron chi connectivity index (χ1n) is 6.76. The third-order valence-corrected chi connectivity index (χ3v) is 3.18. The monoisotopic (exact) mass is 256 g/mol. The molecule has 0 aliphatic carbocycles. The van der Waals surface area contributed by atoms with Gasteiger partial charge in [-0.1, -0.05) is 44.2 Å². The number of hydrogen-bond acceptors (Lipinski definition) is 2. The first kappa shape index (κ1) is 15.1. The Morgan fingerprint density at radius 3 is 1.95 bits per heavy atom. The normalized spacial score (nSPS) is 9.63. The summed E-state index contributed by atoms with van der Waals surface area (Å²) in [4.78, 5) is 0. The quantitative estimate of drug-likeness (QED) is 0.799. The molecule has 0 aliphatic heterocycles. The van der Waals surface area contributed by atoms with Gasteiger partial charge >= 0.3 is 0 Å². The first-order valence-corrected chi connectivity index (χ1v) is 6.76. The van der Waals surface area contributed by atoms with E-state index in [1.165, 1.54) is 16.7 Å². The fraction of sp³-hybridized carbons (Fsp3) is 0.294. The van der Waals surface area contributed by atoms with Crippen molar-refractivity contribution in [3.63, 3.8) is 0 Å². The summed E-state index contributed by atoms with van der Waals surface area (Å²) in [5, 5.41) is 0. The molecule has 2 aromatic carbocycles. The van der Waals surface area contributed by atoms with Gasteiger partial charge in [0.1, 0.15) is 0 Å². The molecular formula is C17H24N2. The van der Waals surface area contributed by atoms with E-state index in [0.717, 1.165) is 24.2 Å². The molecule has 0 fully saturated rings. The Kier molecular flexibility index (Phi) is 5.94. The van der Waals surface area contributed by atoms with Crippen LogP contribution in [0, 0.1) is 6.92 Å². The second-order valence-corrected chi connectivity index (χ2v) is 4.60. The van der Waals surface area contributed by atoms with E-state index < -0.39 is 0 Å². The lowest BCUT2D eigenvalue weighted by Gasteiger charge is -2.04. The standard InChI is InChI=1S/C9H13N.C8H11N/c1-3-8-6-4-5-7(2)9(8)10;1-2-7-3-5-8(9)6-4-7/h4-6H,3,10H2,1-2H3;3-6H,2,9H2,1H3. The van der Waals surface area contributed by atoms with Crippen LogP contribution in [-0.4, -0.2) is 0 Å². The van der Waals surface area contributed by atoms with Crippen LogP contribution in [-0.2, 0) is 12.8 Å². The Hall–Kier alpha value is -1.96. The van der Waals surface area contributed by atoms with Crippen molar-refractivity contribution in [1.29, 1.82) is 0 Å². The summed E-state index contributed by atoms with van der Waals surface area (Å²) in [5.74, 6) is 0. The molecule has 2 aromatic rings. The fourth-order valence-electron chi connectivity index (χ4n) is 1.80. The largest absolute Gasteiger partial charge is 0.399 e. The second-order valence-electron chi connectivity index (χ2n) is 4.60. The Bertz CT molecular complexity index is 501. The number of anilines is 2. The second kappa shape index (κ2) is 7.47. The predicted molar refractivity (Wildman–Crippen MR) is 85.2 cm³/mol. The third-order valence-electron chi connectivity index (χ3n) is 3.18. The molecule has 0 spiro atoms. The van der Waals surface area contributed by atoms with Crippen LogP contribution < -0.4 is 11.5 Å². The maximum Gasteiger partial charge on any atom is 0.0376 e. The summed E-state index contributed by atoms with van der Waals surface area (Å²) in [7, 11) is 0. The average Bonchev–Trinajstić information content (AvgIpc) is 2.43. The summed E-state index contributed by atoms with van der Waals surface area (Å²) >= 11 is 0. The molecule has 0 amide bonds. The van der Waals surface area contributed by atoms with Crippen molar-refractivity contribution in [2.45, 2.75) is 33.6 Å². The minimum atomic E-state index is 0.840. The number of nitrogens with two attached hydrogens (primary N) is 2.